The number of nitrogens with one attached hydrogen (secondary N) is 1. The number of hydrogen-bond acceptors (Lipinski definition) is 16. The molecule has 8 N–H and O–H groups in total. The average molecular weight is 645 g/mol. The van der Waals surface area contributed by atoms with Crippen LogP contribution in [0.1, 0.15) is 12.5 Å². The van der Waals surface area contributed by atoms with Gasteiger partial charge in [-0.3, -0.25) is 28.0 Å². The maximum atomic E-state index is 13.7. The van der Waals surface area contributed by atoms with Gasteiger partial charge in [0.1, 0.15) is 48.0 Å². The van der Waals surface area contributed by atoms with Crippen molar-refractivity contribution in [3.8, 4) is 0 Å². The lowest BCUT2D eigenvalue weighted by Gasteiger charge is -2.27. The first-order chi connectivity index (χ1) is 20.5. The van der Waals surface area contributed by atoms with Crippen molar-refractivity contribution < 1.29 is 52.8 Å². The van der Waals surface area contributed by atoms with Crippen molar-refractivity contribution in [2.45, 2.75) is 48.6 Å². The summed E-state index contributed by atoms with van der Waals surface area (Å²) in [6.07, 6.45) is -5.36. The summed E-state index contributed by atoms with van der Waals surface area (Å²) in [5, 5.41) is 31.6. The third-order valence-electron chi connectivity index (χ3n) is 7.10. The predicted molar refractivity (Wildman–Crippen MR) is 140 cm³/mol. The molecule has 21 nitrogen and oxygen atoms in total. The van der Waals surface area contributed by atoms with Gasteiger partial charge in [0.2, 0.25) is 5.95 Å². The van der Waals surface area contributed by atoms with Crippen LogP contribution in [0.15, 0.2) is 30.0 Å². The molecule has 0 amide bonds. The highest BCUT2D eigenvalue weighted by Crippen LogP contribution is 2.57. The van der Waals surface area contributed by atoms with Crippen LogP contribution in [0.2, 0.25) is 0 Å². The van der Waals surface area contributed by atoms with Crippen molar-refractivity contribution in [3.05, 3.63) is 35.5 Å². The van der Waals surface area contributed by atoms with Crippen LogP contribution in [0.3, 0.4) is 0 Å². The molecule has 2 saturated heterocycles. The molecule has 2 unspecified atom stereocenters. The Hall–Kier alpha value is -3.20. The van der Waals surface area contributed by atoms with Gasteiger partial charge < -0.3 is 49.4 Å². The molecule has 0 aliphatic carbocycles. The maximum absolute atomic E-state index is 13.7. The summed E-state index contributed by atoms with van der Waals surface area (Å²) in [7, 11) is -8.61. The van der Waals surface area contributed by atoms with Gasteiger partial charge in [-0.1, -0.05) is 0 Å². The molecule has 0 bridgehead atoms. The number of fused-ring (bicyclic) bond motifs is 2. The highest BCUT2D eigenvalue weighted by atomic mass is 31.2. The monoisotopic (exact) mass is 645 g/mol. The molecule has 2 aliphatic rings. The average Bonchev–Trinajstić information content (AvgIpc) is 3.71. The van der Waals surface area contributed by atoms with E-state index in [-0.39, 0.29) is 22.8 Å². The minimum atomic E-state index is -4.97. The molecule has 2 fully saturated rings. The third kappa shape index (κ3) is 5.28. The highest BCUT2D eigenvalue weighted by Gasteiger charge is 2.56. The second-order valence-electron chi connectivity index (χ2n) is 9.65. The predicted octanol–water partition coefficient (Wildman–Crippen LogP) is -2.61. The lowest BCUT2D eigenvalue weighted by Crippen LogP contribution is -2.37. The standard InChI is InChI=1S/C20H25N9O12P2/c21-20-26-16-10(17(33)27-20)25-6-29(16)19-14(11(31)8(2-30)39-19)43(36,37)38-3-9-13(41-42(34)35)12(32)18(40-9)28-5-24-7-1-22-4-23-15(7)28/h1,4-6,8-9,11-14,18-19,30-32,42H,2-3H2,(H,34,35)(H,36,37)(H3,21,26,27,33)/t8-,9-,11-,12-,13-,14-,18-,19-/m1/s1. The first kappa shape index (κ1) is 29.9. The summed E-state index contributed by atoms with van der Waals surface area (Å²) >= 11 is 0. The van der Waals surface area contributed by atoms with Gasteiger partial charge in [0.15, 0.2) is 29.3 Å². The number of aliphatic hydroxyl groups excluding tert-OH is 3. The summed E-state index contributed by atoms with van der Waals surface area (Å²) in [5.74, 6) is -0.283. The van der Waals surface area contributed by atoms with E-state index in [1.807, 2.05) is 0 Å². The number of nitrogens with two attached hydrogens (primary N) is 1. The molecule has 2 aliphatic heterocycles. The van der Waals surface area contributed by atoms with Crippen molar-refractivity contribution in [1.82, 2.24) is 39.0 Å². The largest absolute Gasteiger partial charge is 0.394 e. The topological polar surface area (TPSA) is 305 Å². The lowest BCUT2D eigenvalue weighted by molar-refractivity contribution is -0.0491. The second kappa shape index (κ2) is 11.4. The smallest absolute Gasteiger partial charge is 0.338 e. The van der Waals surface area contributed by atoms with Crippen molar-refractivity contribution in [1.29, 1.82) is 0 Å². The molecule has 0 aromatic carbocycles. The molecule has 0 radical (unpaired) electrons. The van der Waals surface area contributed by atoms with Crippen LogP contribution >= 0.6 is 15.9 Å². The van der Waals surface area contributed by atoms with E-state index in [0.717, 1.165) is 10.9 Å². The van der Waals surface area contributed by atoms with Crippen LogP contribution in [0, 0.1) is 0 Å². The number of H-pyrrole nitrogens is 1. The summed E-state index contributed by atoms with van der Waals surface area (Å²) in [4.78, 5) is 55.1. The molecular formula is C20H25N9O12P2. The van der Waals surface area contributed by atoms with E-state index in [2.05, 4.69) is 29.9 Å². The number of ether oxygens (including phenoxy) is 2. The zero-order chi connectivity index (χ0) is 30.6. The number of nitrogen functional groups attached to an aromatic ring is 1. The Morgan fingerprint density at radius 1 is 1.09 bits per heavy atom. The number of hydrogen-bond donors (Lipinski definition) is 7. The van der Waals surface area contributed by atoms with E-state index in [0.29, 0.717) is 5.52 Å². The fraction of sp³-hybridized carbons (Fsp3) is 0.500. The van der Waals surface area contributed by atoms with Gasteiger partial charge >= 0.3 is 15.9 Å². The number of nitrogens with zero attached hydrogens (tertiary/aromatic N) is 7. The SMILES string of the molecule is Nc1nc2c(ncn2[C@@H]2O[C@H](CO)[C@@H](O)[C@H]2P(=O)(O)OC[C@H]2O[C@@H](n3cnc4cncnc43)[C@H](O)[C@@H]2O[PH](=O)O)c(=O)[nH]1. The van der Waals surface area contributed by atoms with Crippen molar-refractivity contribution in [2.24, 2.45) is 0 Å². The van der Waals surface area contributed by atoms with Gasteiger partial charge in [-0.05, 0) is 0 Å². The van der Waals surface area contributed by atoms with Crippen LogP contribution in [0.4, 0.5) is 5.95 Å². The van der Waals surface area contributed by atoms with Crippen LogP contribution in [-0.4, -0.2) is 114 Å². The van der Waals surface area contributed by atoms with Crippen molar-refractivity contribution >= 4 is 44.1 Å². The Bertz CT molecular complexity index is 1780. The lowest BCUT2D eigenvalue weighted by atomic mass is 10.1. The van der Waals surface area contributed by atoms with Crippen LogP contribution in [-0.2, 0) is 27.7 Å². The van der Waals surface area contributed by atoms with Gasteiger partial charge in [0.25, 0.3) is 5.56 Å². The van der Waals surface area contributed by atoms with Gasteiger partial charge in [-0.2, -0.15) is 4.98 Å². The Balaban J connectivity index is 1.28. The highest BCUT2D eigenvalue weighted by molar-refractivity contribution is 7.53. The molecule has 6 rings (SSSR count). The summed E-state index contributed by atoms with van der Waals surface area (Å²) < 4.78 is 49.6. The van der Waals surface area contributed by atoms with Gasteiger partial charge in [0, 0.05) is 0 Å². The molecule has 0 saturated carbocycles. The zero-order valence-electron chi connectivity index (χ0n) is 21.6. The fourth-order valence-corrected chi connectivity index (χ4v) is 7.35. The maximum Gasteiger partial charge on any atom is 0.338 e. The van der Waals surface area contributed by atoms with Crippen LogP contribution in [0.25, 0.3) is 22.3 Å². The number of rotatable bonds is 9. The van der Waals surface area contributed by atoms with E-state index in [1.54, 1.807) is 0 Å². The van der Waals surface area contributed by atoms with E-state index in [9.17, 15) is 39.0 Å². The van der Waals surface area contributed by atoms with Crippen LogP contribution in [0.5, 0.6) is 0 Å². The van der Waals surface area contributed by atoms with Gasteiger partial charge in [-0.25, -0.2) is 19.9 Å². The van der Waals surface area contributed by atoms with Gasteiger partial charge in [0.05, 0.1) is 32.1 Å². The first-order valence-corrected chi connectivity index (χ1v) is 15.4. The number of anilines is 1. The third-order valence-corrected chi connectivity index (χ3v) is 9.41. The molecule has 0 spiro atoms. The van der Waals surface area contributed by atoms with E-state index < -0.39 is 83.3 Å². The van der Waals surface area contributed by atoms with Crippen molar-refractivity contribution in [2.75, 3.05) is 18.9 Å². The molecule has 6 heterocycles. The number of imidazole rings is 2. The molecular weight excluding hydrogens is 620 g/mol. The Kier molecular flexibility index (Phi) is 7.90. The Labute approximate surface area is 239 Å². The number of aromatic amines is 1. The number of aromatic nitrogens is 8. The molecule has 4 aromatic heterocycles. The number of aliphatic hydroxyl groups is 3. The summed E-state index contributed by atoms with van der Waals surface area (Å²) in [5.41, 5.74) is 3.48. The summed E-state index contributed by atoms with van der Waals surface area (Å²) in [6, 6.07) is 0. The first-order valence-electron chi connectivity index (χ1n) is 12.5. The van der Waals surface area contributed by atoms with E-state index in [1.165, 1.54) is 23.4 Å². The minimum Gasteiger partial charge on any atom is -0.394 e. The molecule has 4 aromatic rings. The quantitative estimate of drug-likeness (QED) is 0.0917. The molecule has 232 valence electrons. The van der Waals surface area contributed by atoms with Gasteiger partial charge in [-0.15, -0.1) is 0 Å². The van der Waals surface area contributed by atoms with Crippen LogP contribution < -0.4 is 11.3 Å². The Morgan fingerprint density at radius 2 is 1.81 bits per heavy atom. The molecule has 10 atom stereocenters. The van der Waals surface area contributed by atoms with E-state index in [4.69, 9.17) is 24.3 Å². The Morgan fingerprint density at radius 3 is 2.56 bits per heavy atom. The zero-order valence-corrected chi connectivity index (χ0v) is 23.5. The van der Waals surface area contributed by atoms with Crippen molar-refractivity contribution in [3.63, 3.8) is 0 Å². The normalized spacial score (nSPS) is 31.6. The summed E-state index contributed by atoms with van der Waals surface area (Å²) in [6.45, 7) is -1.53. The molecule has 43 heavy (non-hydrogen) atoms. The fourth-order valence-electron chi connectivity index (χ4n) is 5.18. The minimum absolute atomic E-state index is 0.134. The second-order valence-corrected chi connectivity index (χ2v) is 12.4. The van der Waals surface area contributed by atoms with E-state index >= 15 is 0 Å². The molecule has 23 heteroatoms.